The molecule has 120 valence electrons. The van der Waals surface area contributed by atoms with E-state index in [0.29, 0.717) is 10.2 Å². The number of carbonyl (C=O) groups is 1. The van der Waals surface area contributed by atoms with Crippen LogP contribution in [0, 0.1) is 5.82 Å². The van der Waals surface area contributed by atoms with E-state index in [9.17, 15) is 17.6 Å². The van der Waals surface area contributed by atoms with Gasteiger partial charge in [-0.2, -0.15) is 4.31 Å². The van der Waals surface area contributed by atoms with Crippen LogP contribution in [0.2, 0.25) is 0 Å². The number of rotatable bonds is 5. The van der Waals surface area contributed by atoms with Gasteiger partial charge in [-0.15, -0.1) is 0 Å². The van der Waals surface area contributed by atoms with E-state index >= 15 is 0 Å². The van der Waals surface area contributed by atoms with Crippen molar-refractivity contribution in [1.29, 1.82) is 0 Å². The Hall–Kier alpha value is -1.78. The molecule has 0 atom stereocenters. The van der Waals surface area contributed by atoms with Gasteiger partial charge >= 0.3 is 0 Å². The molecular weight excluding hydrogens is 333 g/mol. The number of anilines is 1. The first-order valence-electron chi connectivity index (χ1n) is 6.06. The van der Waals surface area contributed by atoms with Crippen molar-refractivity contribution in [2.45, 2.75) is 0 Å². The van der Waals surface area contributed by atoms with Gasteiger partial charge < -0.3 is 10.1 Å². The van der Waals surface area contributed by atoms with Crippen molar-refractivity contribution >= 4 is 42.6 Å². The molecule has 1 amide bonds. The Balaban J connectivity index is 2.20. The van der Waals surface area contributed by atoms with Crippen molar-refractivity contribution in [2.75, 3.05) is 32.3 Å². The summed E-state index contributed by atoms with van der Waals surface area (Å²) in [6.45, 7) is -0.333. The fraction of sp³-hybridized carbons (Fsp3) is 0.333. The normalized spacial score (nSPS) is 11.9. The topological polar surface area (TPSA) is 88.6 Å². The molecule has 0 aliphatic rings. The first-order chi connectivity index (χ1) is 10.2. The highest BCUT2D eigenvalue weighted by Gasteiger charge is 2.17. The van der Waals surface area contributed by atoms with E-state index in [0.717, 1.165) is 21.9 Å². The van der Waals surface area contributed by atoms with Crippen molar-refractivity contribution in [2.24, 2.45) is 0 Å². The van der Waals surface area contributed by atoms with Crippen LogP contribution in [0.1, 0.15) is 0 Å². The van der Waals surface area contributed by atoms with Crippen LogP contribution in [0.15, 0.2) is 12.1 Å². The SMILES string of the molecule is COc1cc(F)cc2sc(NC(=O)CN(C)S(C)(=O)=O)nc12. The van der Waals surface area contributed by atoms with Crippen LogP contribution in [0.3, 0.4) is 0 Å². The van der Waals surface area contributed by atoms with E-state index in [1.54, 1.807) is 0 Å². The molecule has 1 N–H and O–H groups in total. The molecule has 0 saturated carbocycles. The summed E-state index contributed by atoms with van der Waals surface area (Å²) in [7, 11) is -0.752. The second-order valence-corrected chi connectivity index (χ2v) is 7.66. The molecule has 0 fully saturated rings. The van der Waals surface area contributed by atoms with Gasteiger partial charge in [-0.25, -0.2) is 17.8 Å². The second kappa shape index (κ2) is 6.15. The summed E-state index contributed by atoms with van der Waals surface area (Å²) in [5.74, 6) is -0.742. The number of thiazole rings is 1. The number of halogens is 1. The minimum atomic E-state index is -3.45. The van der Waals surface area contributed by atoms with Gasteiger partial charge in [0.2, 0.25) is 15.9 Å². The number of sulfonamides is 1. The molecule has 2 rings (SSSR count). The summed E-state index contributed by atoms with van der Waals surface area (Å²) in [4.78, 5) is 16.0. The lowest BCUT2D eigenvalue weighted by atomic mass is 10.3. The Bertz CT molecular complexity index is 819. The van der Waals surface area contributed by atoms with E-state index in [1.807, 2.05) is 0 Å². The summed E-state index contributed by atoms with van der Waals surface area (Å²) in [5.41, 5.74) is 0.431. The van der Waals surface area contributed by atoms with Gasteiger partial charge in [0, 0.05) is 13.1 Å². The van der Waals surface area contributed by atoms with Crippen LogP contribution in [-0.4, -0.2) is 50.6 Å². The minimum absolute atomic E-state index is 0.241. The van der Waals surface area contributed by atoms with Crippen molar-refractivity contribution in [1.82, 2.24) is 9.29 Å². The molecule has 0 aliphatic carbocycles. The fourth-order valence-corrected chi connectivity index (χ4v) is 2.93. The van der Waals surface area contributed by atoms with Gasteiger partial charge in [0.05, 0.1) is 24.6 Å². The maximum atomic E-state index is 13.4. The minimum Gasteiger partial charge on any atom is -0.494 e. The second-order valence-electron chi connectivity index (χ2n) is 4.54. The molecular formula is C12H14FN3O4S2. The summed E-state index contributed by atoms with van der Waals surface area (Å²) in [6.07, 6.45) is 1.01. The third-order valence-electron chi connectivity index (χ3n) is 2.82. The van der Waals surface area contributed by atoms with E-state index in [4.69, 9.17) is 4.74 Å². The van der Waals surface area contributed by atoms with Crippen LogP contribution >= 0.6 is 11.3 Å². The number of hydrogen-bond acceptors (Lipinski definition) is 6. The highest BCUT2D eigenvalue weighted by Crippen LogP contribution is 2.33. The summed E-state index contributed by atoms with van der Waals surface area (Å²) < 4.78 is 42.4. The Morgan fingerprint density at radius 1 is 1.50 bits per heavy atom. The molecule has 7 nitrogen and oxygen atoms in total. The molecule has 1 heterocycles. The zero-order valence-electron chi connectivity index (χ0n) is 12.1. The number of nitrogens with zero attached hydrogens (tertiary/aromatic N) is 2. The number of aromatic nitrogens is 1. The predicted octanol–water partition coefficient (Wildman–Crippen LogP) is 1.27. The van der Waals surface area contributed by atoms with E-state index in [2.05, 4.69) is 10.3 Å². The molecule has 0 spiro atoms. The molecule has 1 aromatic heterocycles. The summed E-state index contributed by atoms with van der Waals surface area (Å²) in [5, 5.41) is 2.73. The van der Waals surface area contributed by atoms with Crippen molar-refractivity contribution < 1.29 is 22.3 Å². The Morgan fingerprint density at radius 3 is 2.77 bits per heavy atom. The predicted molar refractivity (Wildman–Crippen MR) is 82.2 cm³/mol. The number of amides is 1. The maximum Gasteiger partial charge on any atom is 0.241 e. The highest BCUT2D eigenvalue weighted by molar-refractivity contribution is 7.88. The third kappa shape index (κ3) is 3.70. The maximum absolute atomic E-state index is 13.4. The lowest BCUT2D eigenvalue weighted by Crippen LogP contribution is -2.34. The van der Waals surface area contributed by atoms with E-state index < -0.39 is 21.7 Å². The van der Waals surface area contributed by atoms with Crippen LogP contribution in [0.5, 0.6) is 5.75 Å². The molecule has 22 heavy (non-hydrogen) atoms. The number of fused-ring (bicyclic) bond motifs is 1. The smallest absolute Gasteiger partial charge is 0.241 e. The largest absolute Gasteiger partial charge is 0.494 e. The number of ether oxygens (including phenoxy) is 1. The molecule has 1 aromatic carbocycles. The highest BCUT2D eigenvalue weighted by atomic mass is 32.2. The first-order valence-corrected chi connectivity index (χ1v) is 8.72. The fourth-order valence-electron chi connectivity index (χ4n) is 1.65. The van der Waals surface area contributed by atoms with Gasteiger partial charge in [-0.3, -0.25) is 4.79 Å². The number of benzene rings is 1. The van der Waals surface area contributed by atoms with Gasteiger partial charge in [-0.1, -0.05) is 11.3 Å². The number of methoxy groups -OCH3 is 1. The Kier molecular flexibility index (Phi) is 4.63. The number of likely N-dealkylation sites (N-methyl/N-ethyl adjacent to an activating group) is 1. The van der Waals surface area contributed by atoms with Crippen LogP contribution < -0.4 is 10.1 Å². The number of hydrogen-bond donors (Lipinski definition) is 1. The summed E-state index contributed by atoms with van der Waals surface area (Å²) in [6, 6.07) is 2.49. The van der Waals surface area contributed by atoms with Crippen molar-refractivity contribution in [3.05, 3.63) is 17.9 Å². The van der Waals surface area contributed by atoms with E-state index in [1.165, 1.54) is 26.3 Å². The van der Waals surface area contributed by atoms with Gasteiger partial charge in [0.25, 0.3) is 0 Å². The average molecular weight is 347 g/mol. The first kappa shape index (κ1) is 16.6. The quantitative estimate of drug-likeness (QED) is 0.880. The average Bonchev–Trinajstić information content (AvgIpc) is 2.78. The molecule has 0 radical (unpaired) electrons. The van der Waals surface area contributed by atoms with Crippen LogP contribution in [0.25, 0.3) is 10.2 Å². The Labute approximate surface area is 130 Å². The van der Waals surface area contributed by atoms with Crippen molar-refractivity contribution in [3.63, 3.8) is 0 Å². The lowest BCUT2D eigenvalue weighted by molar-refractivity contribution is -0.116. The zero-order chi connectivity index (χ0) is 16.5. The van der Waals surface area contributed by atoms with Crippen LogP contribution in [0.4, 0.5) is 9.52 Å². The monoisotopic (exact) mass is 347 g/mol. The molecule has 0 bridgehead atoms. The lowest BCUT2D eigenvalue weighted by Gasteiger charge is -2.12. The Morgan fingerprint density at radius 2 is 2.18 bits per heavy atom. The standard InChI is InChI=1S/C12H14FN3O4S2/c1-16(22(3,18)19)6-10(17)14-12-15-11-8(20-2)4-7(13)5-9(11)21-12/h4-5H,6H2,1-3H3,(H,14,15,17). The molecule has 0 saturated heterocycles. The van der Waals surface area contributed by atoms with Crippen molar-refractivity contribution in [3.8, 4) is 5.75 Å². The molecule has 0 aliphatic heterocycles. The number of carbonyl (C=O) groups excluding carboxylic acids is 1. The van der Waals surface area contributed by atoms with Gasteiger partial charge in [0.15, 0.2) is 5.13 Å². The van der Waals surface area contributed by atoms with Crippen LogP contribution in [-0.2, 0) is 14.8 Å². The zero-order valence-corrected chi connectivity index (χ0v) is 13.7. The third-order valence-corrected chi connectivity index (χ3v) is 5.00. The molecule has 10 heteroatoms. The van der Waals surface area contributed by atoms with E-state index in [-0.39, 0.29) is 17.4 Å². The molecule has 0 unspecified atom stereocenters. The molecule has 2 aromatic rings. The number of nitrogens with one attached hydrogen (secondary N) is 1. The van der Waals surface area contributed by atoms with Gasteiger partial charge in [0.1, 0.15) is 17.1 Å². The van der Waals surface area contributed by atoms with Gasteiger partial charge in [-0.05, 0) is 6.07 Å². The summed E-state index contributed by atoms with van der Waals surface area (Å²) >= 11 is 1.07.